The Bertz CT molecular complexity index is 2040. The first-order valence-electron chi connectivity index (χ1n) is 14.9. The van der Waals surface area contributed by atoms with Crippen molar-refractivity contribution in [2.75, 3.05) is 5.32 Å². The highest BCUT2D eigenvalue weighted by Gasteiger charge is 2.67. The van der Waals surface area contributed by atoms with Crippen LogP contribution in [0.15, 0.2) is 53.9 Å². The maximum atomic E-state index is 14.2. The largest absolute Gasteiger partial charge is 0.337 e. The van der Waals surface area contributed by atoms with Crippen molar-refractivity contribution in [2.45, 2.75) is 65.7 Å². The number of nitrogens with one attached hydrogen (secondary N) is 1. The van der Waals surface area contributed by atoms with Crippen molar-refractivity contribution in [3.8, 4) is 11.3 Å². The molecule has 0 bridgehead atoms. The molecule has 1 N–H and O–H groups in total. The molecule has 46 heavy (non-hydrogen) atoms. The smallest absolute Gasteiger partial charge is 0.248 e. The Morgan fingerprint density at radius 1 is 1.04 bits per heavy atom. The van der Waals surface area contributed by atoms with E-state index in [0.717, 1.165) is 17.7 Å². The molecule has 0 unspecified atom stereocenters. The molecule has 1 saturated carbocycles. The third kappa shape index (κ3) is 5.36. The number of pyridine rings is 2. The quantitative estimate of drug-likeness (QED) is 0.188. The summed E-state index contributed by atoms with van der Waals surface area (Å²) >= 11 is 3.38. The monoisotopic (exact) mass is 682 g/mol. The zero-order valence-electron chi connectivity index (χ0n) is 25.7. The molecule has 2 fully saturated rings. The molecule has 0 aromatic carbocycles. The molecular weight excluding hydrogens is 652 g/mol. The van der Waals surface area contributed by atoms with Crippen LogP contribution in [0.2, 0.25) is 0 Å². The fraction of sp³-hybridized carbons (Fsp3) is 0.344. The number of piperidine rings is 1. The second-order valence-corrected chi connectivity index (χ2v) is 13.1. The Morgan fingerprint density at radius 2 is 1.83 bits per heavy atom. The number of carbonyl (C=O) groups excluding carboxylic acids is 3. The number of Topliss-reactive ketones (excluding diaryl/α,β-unsaturated/α-hetero) is 1. The highest BCUT2D eigenvalue weighted by Crippen LogP contribution is 2.60. The number of aryl methyl sites for hydroxylation is 3. The first-order valence-corrected chi connectivity index (χ1v) is 15.7. The lowest BCUT2D eigenvalue weighted by Gasteiger charge is -2.27. The van der Waals surface area contributed by atoms with Gasteiger partial charge in [-0.3, -0.25) is 24.0 Å². The van der Waals surface area contributed by atoms with Gasteiger partial charge in [0.05, 0.1) is 29.4 Å². The molecule has 6 heterocycles. The molecule has 13 nitrogen and oxygen atoms in total. The van der Waals surface area contributed by atoms with E-state index >= 15 is 0 Å². The van der Waals surface area contributed by atoms with E-state index in [4.69, 9.17) is 0 Å². The van der Waals surface area contributed by atoms with Gasteiger partial charge in [-0.15, -0.1) is 0 Å². The van der Waals surface area contributed by atoms with Crippen molar-refractivity contribution in [3.05, 3.63) is 76.7 Å². The topological polar surface area (TPSA) is 154 Å². The molecule has 1 aliphatic heterocycles. The van der Waals surface area contributed by atoms with E-state index in [-0.39, 0.29) is 41.3 Å². The minimum absolute atomic E-state index is 0.129. The number of hydrogen-bond donors (Lipinski definition) is 1. The molecule has 0 spiro atoms. The fourth-order valence-electron chi connectivity index (χ4n) is 6.54. The molecule has 5 aromatic heterocycles. The van der Waals surface area contributed by atoms with E-state index in [0.29, 0.717) is 51.4 Å². The van der Waals surface area contributed by atoms with Crippen LogP contribution < -0.4 is 5.32 Å². The Kier molecular flexibility index (Phi) is 7.26. The highest BCUT2D eigenvalue weighted by atomic mass is 79.9. The van der Waals surface area contributed by atoms with Crippen LogP contribution in [-0.2, 0) is 22.7 Å². The van der Waals surface area contributed by atoms with Gasteiger partial charge in [-0.05, 0) is 67.2 Å². The van der Waals surface area contributed by atoms with Crippen molar-refractivity contribution in [1.82, 2.24) is 44.2 Å². The predicted molar refractivity (Wildman–Crippen MR) is 172 cm³/mol. The highest BCUT2D eigenvalue weighted by molar-refractivity contribution is 9.10. The van der Waals surface area contributed by atoms with E-state index in [1.165, 1.54) is 11.6 Å². The molecule has 14 heteroatoms. The Balaban J connectivity index is 1.20. The molecule has 7 rings (SSSR count). The number of halogens is 1. The summed E-state index contributed by atoms with van der Waals surface area (Å²) in [6.07, 6.45) is 10.00. The summed E-state index contributed by atoms with van der Waals surface area (Å²) < 4.78 is 4.13. The summed E-state index contributed by atoms with van der Waals surface area (Å²) in [6.45, 7) is 7.53. The summed E-state index contributed by atoms with van der Waals surface area (Å²) in [6, 6.07) is 4.61. The summed E-state index contributed by atoms with van der Waals surface area (Å²) in [5.74, 6) is 0.284. The minimum Gasteiger partial charge on any atom is -0.337 e. The average molecular weight is 684 g/mol. The number of imidazole rings is 1. The van der Waals surface area contributed by atoms with Gasteiger partial charge >= 0.3 is 0 Å². The first-order chi connectivity index (χ1) is 22.0. The Hall–Kier alpha value is -4.85. The number of ketones is 1. The number of amides is 2. The van der Waals surface area contributed by atoms with E-state index in [9.17, 15) is 14.4 Å². The van der Waals surface area contributed by atoms with Gasteiger partial charge in [0.15, 0.2) is 5.78 Å². The van der Waals surface area contributed by atoms with Crippen LogP contribution in [0.1, 0.15) is 47.3 Å². The van der Waals surface area contributed by atoms with Crippen molar-refractivity contribution in [2.24, 2.45) is 5.41 Å². The summed E-state index contributed by atoms with van der Waals surface area (Å²) in [4.78, 5) is 64.3. The number of carbonyl (C=O) groups is 3. The molecule has 2 aliphatic rings. The molecule has 5 aromatic rings. The average Bonchev–Trinajstić information content (AvgIpc) is 3.27. The third-order valence-corrected chi connectivity index (χ3v) is 9.35. The van der Waals surface area contributed by atoms with Crippen LogP contribution in [0.4, 0.5) is 5.82 Å². The SMILES string of the molecule is CC(=O)c1nn(CC(=O)N2[C@H](C(=O)Nc3nc(Br)ccc3C)C[C@@]3(Cn4cnc(C)c4)C[C@@H]23)c2cnc(-c3cnc(C)nc3)cc12. The number of nitrogens with zero attached hydrogens (tertiary/aromatic N) is 9. The molecular formula is C32H31BrN10O3. The van der Waals surface area contributed by atoms with Crippen LogP contribution >= 0.6 is 15.9 Å². The van der Waals surface area contributed by atoms with Gasteiger partial charge in [0.2, 0.25) is 11.8 Å². The minimum atomic E-state index is -0.712. The molecule has 0 radical (unpaired) electrons. The molecule has 2 amide bonds. The fourth-order valence-corrected chi connectivity index (χ4v) is 6.85. The van der Waals surface area contributed by atoms with Gasteiger partial charge in [0.25, 0.3) is 0 Å². The normalized spacial score (nSPS) is 20.2. The summed E-state index contributed by atoms with van der Waals surface area (Å²) in [5, 5.41) is 8.09. The van der Waals surface area contributed by atoms with Gasteiger partial charge in [-0.2, -0.15) is 5.10 Å². The van der Waals surface area contributed by atoms with Gasteiger partial charge in [-0.1, -0.05) is 6.07 Å². The molecule has 1 aliphatic carbocycles. The van der Waals surface area contributed by atoms with Crippen LogP contribution in [0.5, 0.6) is 0 Å². The van der Waals surface area contributed by atoms with Gasteiger partial charge in [0, 0.05) is 54.5 Å². The van der Waals surface area contributed by atoms with Crippen LogP contribution in [0.25, 0.3) is 22.2 Å². The lowest BCUT2D eigenvalue weighted by Crippen LogP contribution is -2.47. The number of anilines is 1. The van der Waals surface area contributed by atoms with Crippen molar-refractivity contribution < 1.29 is 14.4 Å². The lowest BCUT2D eigenvalue weighted by molar-refractivity contribution is -0.138. The standard InChI is InChI=1S/C32H31BrN10O3/c1-17-5-6-27(33)38-30(17)39-31(46)24-8-32(15-41-13-18(2)37-16-41)9-26(32)43(24)28(45)14-42-25-12-36-23(21-10-34-20(4)35-11-21)7-22(25)29(40-42)19(3)44/h5-7,10-13,16,24,26H,8-9,14-15H2,1-4H3,(H,38,39,46)/t24-,26+,32-/m0/s1. The first kappa shape index (κ1) is 29.8. The zero-order valence-corrected chi connectivity index (χ0v) is 27.3. The maximum absolute atomic E-state index is 14.2. The van der Waals surface area contributed by atoms with E-state index in [1.807, 2.05) is 36.7 Å². The zero-order chi connectivity index (χ0) is 32.3. The molecule has 3 atom stereocenters. The van der Waals surface area contributed by atoms with Crippen LogP contribution in [0, 0.1) is 26.2 Å². The third-order valence-electron chi connectivity index (χ3n) is 8.91. The predicted octanol–water partition coefficient (Wildman–Crippen LogP) is 4.07. The maximum Gasteiger partial charge on any atom is 0.248 e. The van der Waals surface area contributed by atoms with E-state index in [1.54, 1.807) is 42.8 Å². The van der Waals surface area contributed by atoms with Gasteiger partial charge < -0.3 is 14.8 Å². The summed E-state index contributed by atoms with van der Waals surface area (Å²) in [5.41, 5.74) is 3.53. The molecule has 234 valence electrons. The number of aromatic nitrogens is 8. The number of hydrogen-bond acceptors (Lipinski definition) is 9. The number of fused-ring (bicyclic) bond motifs is 2. The number of likely N-dealkylation sites (tertiary alicyclic amines) is 1. The van der Waals surface area contributed by atoms with Crippen LogP contribution in [0.3, 0.4) is 0 Å². The van der Waals surface area contributed by atoms with Crippen molar-refractivity contribution >= 4 is 50.2 Å². The van der Waals surface area contributed by atoms with Crippen molar-refractivity contribution in [3.63, 3.8) is 0 Å². The van der Waals surface area contributed by atoms with Crippen LogP contribution in [-0.4, -0.2) is 73.8 Å². The van der Waals surface area contributed by atoms with Gasteiger partial charge in [0.1, 0.15) is 34.5 Å². The van der Waals surface area contributed by atoms with Gasteiger partial charge in [-0.25, -0.2) is 19.9 Å². The second kappa shape index (κ2) is 11.2. The number of rotatable bonds is 8. The Morgan fingerprint density at radius 3 is 2.54 bits per heavy atom. The van der Waals surface area contributed by atoms with E-state index < -0.39 is 6.04 Å². The Labute approximate surface area is 272 Å². The van der Waals surface area contributed by atoms with E-state index in [2.05, 4.69) is 51.3 Å². The second-order valence-electron chi connectivity index (χ2n) is 12.2. The lowest BCUT2D eigenvalue weighted by atomic mass is 9.99. The summed E-state index contributed by atoms with van der Waals surface area (Å²) in [7, 11) is 0. The molecule has 1 saturated heterocycles. The van der Waals surface area contributed by atoms with Crippen molar-refractivity contribution in [1.29, 1.82) is 0 Å².